The summed E-state index contributed by atoms with van der Waals surface area (Å²) in [5.41, 5.74) is 6.53. The zero-order chi connectivity index (χ0) is 13.4. The maximum atomic E-state index is 12.1. The number of thioether (sulfide) groups is 1. The molecule has 1 amide bonds. The Morgan fingerprint density at radius 1 is 1.39 bits per heavy atom. The van der Waals surface area contributed by atoms with Crippen LogP contribution in [0.5, 0.6) is 0 Å². The number of amides is 1. The Bertz CT molecular complexity index is 356. The lowest BCUT2D eigenvalue weighted by Crippen LogP contribution is -2.32. The number of nitrogens with zero attached hydrogens (tertiary/aromatic N) is 1. The van der Waals surface area contributed by atoms with Crippen LogP contribution >= 0.6 is 11.8 Å². The summed E-state index contributed by atoms with van der Waals surface area (Å²) in [6, 6.07) is 9.80. The zero-order valence-electron chi connectivity index (χ0n) is 11.1. The van der Waals surface area contributed by atoms with Gasteiger partial charge in [-0.2, -0.15) is 11.8 Å². The molecule has 0 fully saturated rings. The van der Waals surface area contributed by atoms with Gasteiger partial charge < -0.3 is 10.6 Å². The van der Waals surface area contributed by atoms with E-state index in [-0.39, 0.29) is 5.91 Å². The fourth-order valence-electron chi connectivity index (χ4n) is 1.60. The van der Waals surface area contributed by atoms with Crippen LogP contribution in [-0.2, 0) is 4.79 Å². The van der Waals surface area contributed by atoms with E-state index >= 15 is 0 Å². The monoisotopic (exact) mass is 266 g/mol. The lowest BCUT2D eigenvalue weighted by Gasteiger charge is -2.21. The Morgan fingerprint density at radius 2 is 2.06 bits per heavy atom. The van der Waals surface area contributed by atoms with Gasteiger partial charge in [-0.25, -0.2) is 0 Å². The van der Waals surface area contributed by atoms with Crippen LogP contribution in [0.2, 0.25) is 0 Å². The largest absolute Gasteiger partial charge is 0.330 e. The van der Waals surface area contributed by atoms with E-state index in [0.717, 1.165) is 11.4 Å². The van der Waals surface area contributed by atoms with Crippen molar-refractivity contribution in [3.05, 3.63) is 30.3 Å². The first kappa shape index (κ1) is 15.1. The second-order valence-electron chi connectivity index (χ2n) is 4.33. The SMILES string of the molecule is CCN(C(=O)CSCC(C)CN)c1ccccc1. The molecule has 0 aromatic heterocycles. The van der Waals surface area contributed by atoms with E-state index < -0.39 is 0 Å². The van der Waals surface area contributed by atoms with Crippen LogP contribution in [0.4, 0.5) is 5.69 Å². The smallest absolute Gasteiger partial charge is 0.236 e. The Morgan fingerprint density at radius 3 is 2.61 bits per heavy atom. The molecule has 0 spiro atoms. The third-order valence-corrected chi connectivity index (χ3v) is 3.97. The summed E-state index contributed by atoms with van der Waals surface area (Å²) in [5, 5.41) is 0. The Kier molecular flexibility index (Phi) is 6.83. The summed E-state index contributed by atoms with van der Waals surface area (Å²) in [7, 11) is 0. The second kappa shape index (κ2) is 8.16. The molecule has 0 aliphatic carbocycles. The number of para-hydroxylation sites is 1. The zero-order valence-corrected chi connectivity index (χ0v) is 12.0. The van der Waals surface area contributed by atoms with Crippen LogP contribution in [0.15, 0.2) is 30.3 Å². The average molecular weight is 266 g/mol. The van der Waals surface area contributed by atoms with Crippen LogP contribution in [0, 0.1) is 5.92 Å². The number of carbonyl (C=O) groups is 1. The van der Waals surface area contributed by atoms with Gasteiger partial charge in [0.15, 0.2) is 0 Å². The van der Waals surface area contributed by atoms with Crippen molar-refractivity contribution in [2.24, 2.45) is 11.7 Å². The first-order valence-corrected chi connectivity index (χ1v) is 7.47. The highest BCUT2D eigenvalue weighted by Gasteiger charge is 2.13. The molecule has 0 aliphatic rings. The lowest BCUT2D eigenvalue weighted by molar-refractivity contribution is -0.116. The highest BCUT2D eigenvalue weighted by Crippen LogP contribution is 2.15. The van der Waals surface area contributed by atoms with Crippen LogP contribution in [0.25, 0.3) is 0 Å². The van der Waals surface area contributed by atoms with E-state index in [4.69, 9.17) is 5.73 Å². The summed E-state index contributed by atoms with van der Waals surface area (Å²) in [6.45, 7) is 5.48. The number of carbonyl (C=O) groups excluding carboxylic acids is 1. The predicted octanol–water partition coefficient (Wildman–Crippen LogP) is 2.37. The number of benzene rings is 1. The number of nitrogens with two attached hydrogens (primary N) is 1. The third kappa shape index (κ3) is 4.70. The molecule has 0 heterocycles. The maximum Gasteiger partial charge on any atom is 0.236 e. The van der Waals surface area contributed by atoms with Gasteiger partial charge in [0.25, 0.3) is 0 Å². The minimum Gasteiger partial charge on any atom is -0.330 e. The normalized spacial score (nSPS) is 12.2. The summed E-state index contributed by atoms with van der Waals surface area (Å²) < 4.78 is 0. The molecule has 0 saturated heterocycles. The minimum absolute atomic E-state index is 0.165. The van der Waals surface area contributed by atoms with Crippen molar-refractivity contribution in [1.29, 1.82) is 0 Å². The predicted molar refractivity (Wildman–Crippen MR) is 80.0 cm³/mol. The molecule has 1 aromatic rings. The standard InChI is InChI=1S/C14H22N2OS/c1-3-16(13-7-5-4-6-8-13)14(17)11-18-10-12(2)9-15/h4-8,12H,3,9-11,15H2,1-2H3. The molecular weight excluding hydrogens is 244 g/mol. The number of hydrogen-bond donors (Lipinski definition) is 1. The summed E-state index contributed by atoms with van der Waals surface area (Å²) in [4.78, 5) is 13.9. The van der Waals surface area contributed by atoms with E-state index in [1.165, 1.54) is 0 Å². The van der Waals surface area contributed by atoms with Crippen LogP contribution in [0.3, 0.4) is 0 Å². The van der Waals surface area contributed by atoms with Gasteiger partial charge in [-0.3, -0.25) is 4.79 Å². The molecule has 1 rings (SSSR count). The second-order valence-corrected chi connectivity index (χ2v) is 5.36. The molecular formula is C14H22N2OS. The van der Waals surface area contributed by atoms with Gasteiger partial charge in [-0.1, -0.05) is 25.1 Å². The van der Waals surface area contributed by atoms with Crippen molar-refractivity contribution < 1.29 is 4.79 Å². The number of hydrogen-bond acceptors (Lipinski definition) is 3. The van der Waals surface area contributed by atoms with Gasteiger partial charge >= 0.3 is 0 Å². The molecule has 2 N–H and O–H groups in total. The highest BCUT2D eigenvalue weighted by atomic mass is 32.2. The summed E-state index contributed by atoms with van der Waals surface area (Å²) in [5.74, 6) is 2.09. The van der Waals surface area contributed by atoms with Crippen molar-refractivity contribution in [2.45, 2.75) is 13.8 Å². The van der Waals surface area contributed by atoms with E-state index in [9.17, 15) is 4.79 Å². The Labute approximate surface area is 114 Å². The van der Waals surface area contributed by atoms with Gasteiger partial charge in [0.1, 0.15) is 0 Å². The van der Waals surface area contributed by atoms with Gasteiger partial charge in [0, 0.05) is 12.2 Å². The van der Waals surface area contributed by atoms with Gasteiger partial charge in [-0.15, -0.1) is 0 Å². The van der Waals surface area contributed by atoms with Crippen LogP contribution in [-0.4, -0.2) is 30.5 Å². The molecule has 4 heteroatoms. The Hall–Kier alpha value is -1.00. The molecule has 0 bridgehead atoms. The molecule has 1 aromatic carbocycles. The van der Waals surface area contributed by atoms with Crippen molar-refractivity contribution in [3.63, 3.8) is 0 Å². The summed E-state index contributed by atoms with van der Waals surface area (Å²) in [6.07, 6.45) is 0. The van der Waals surface area contributed by atoms with Gasteiger partial charge in [0.2, 0.25) is 5.91 Å². The average Bonchev–Trinajstić information content (AvgIpc) is 2.40. The number of anilines is 1. The van der Waals surface area contributed by atoms with Crippen molar-refractivity contribution in [3.8, 4) is 0 Å². The van der Waals surface area contributed by atoms with Crippen molar-refractivity contribution >= 4 is 23.4 Å². The fourth-order valence-corrected chi connectivity index (χ4v) is 2.59. The lowest BCUT2D eigenvalue weighted by atomic mass is 10.2. The minimum atomic E-state index is 0.165. The molecule has 1 atom stereocenters. The molecule has 0 aliphatic heterocycles. The molecule has 0 radical (unpaired) electrons. The first-order valence-electron chi connectivity index (χ1n) is 6.32. The van der Waals surface area contributed by atoms with E-state index in [0.29, 0.717) is 24.8 Å². The van der Waals surface area contributed by atoms with E-state index in [2.05, 4.69) is 6.92 Å². The first-order chi connectivity index (χ1) is 8.69. The van der Waals surface area contributed by atoms with Crippen LogP contribution < -0.4 is 10.6 Å². The molecule has 18 heavy (non-hydrogen) atoms. The van der Waals surface area contributed by atoms with Crippen molar-refractivity contribution in [1.82, 2.24) is 0 Å². The molecule has 1 unspecified atom stereocenters. The fraction of sp³-hybridized carbons (Fsp3) is 0.500. The topological polar surface area (TPSA) is 46.3 Å². The van der Waals surface area contributed by atoms with E-state index in [1.807, 2.05) is 42.2 Å². The highest BCUT2D eigenvalue weighted by molar-refractivity contribution is 7.99. The third-order valence-electron chi connectivity index (χ3n) is 2.72. The molecule has 100 valence electrons. The van der Waals surface area contributed by atoms with Gasteiger partial charge in [-0.05, 0) is 37.3 Å². The maximum absolute atomic E-state index is 12.1. The summed E-state index contributed by atoms with van der Waals surface area (Å²) >= 11 is 1.66. The van der Waals surface area contributed by atoms with Gasteiger partial charge in [0.05, 0.1) is 5.75 Å². The van der Waals surface area contributed by atoms with Crippen molar-refractivity contribution in [2.75, 3.05) is 29.5 Å². The molecule has 3 nitrogen and oxygen atoms in total. The quantitative estimate of drug-likeness (QED) is 0.824. The number of rotatable bonds is 7. The molecule has 0 saturated carbocycles. The van der Waals surface area contributed by atoms with Crippen LogP contribution in [0.1, 0.15) is 13.8 Å². The Balaban J connectivity index is 2.48. The van der Waals surface area contributed by atoms with E-state index in [1.54, 1.807) is 11.8 Å².